The second kappa shape index (κ2) is 5.96. The quantitative estimate of drug-likeness (QED) is 0.894. The fourth-order valence-electron chi connectivity index (χ4n) is 2.53. The van der Waals surface area contributed by atoms with Crippen molar-refractivity contribution in [3.8, 4) is 0 Å². The van der Waals surface area contributed by atoms with Crippen LogP contribution in [0.15, 0.2) is 24.3 Å². The summed E-state index contributed by atoms with van der Waals surface area (Å²) in [7, 11) is 0. The maximum absolute atomic E-state index is 12.9. The van der Waals surface area contributed by atoms with Gasteiger partial charge in [-0.15, -0.1) is 0 Å². The molecule has 2 rings (SSSR count). The van der Waals surface area contributed by atoms with Gasteiger partial charge in [-0.05, 0) is 37.0 Å². The van der Waals surface area contributed by atoms with Gasteiger partial charge in [-0.1, -0.05) is 12.1 Å². The maximum atomic E-state index is 12.9. The van der Waals surface area contributed by atoms with Crippen LogP contribution in [-0.4, -0.2) is 23.9 Å². The number of hydrogen-bond acceptors (Lipinski definition) is 2. The third-order valence-electron chi connectivity index (χ3n) is 3.44. The number of carbonyl (C=O) groups is 1. The van der Waals surface area contributed by atoms with Crippen molar-refractivity contribution in [2.45, 2.75) is 31.7 Å². The molecule has 1 fully saturated rings. The van der Waals surface area contributed by atoms with Gasteiger partial charge in [0.15, 0.2) is 0 Å². The molecule has 1 aromatic carbocycles. The molecule has 0 aliphatic carbocycles. The van der Waals surface area contributed by atoms with E-state index in [1.54, 1.807) is 12.1 Å². The van der Waals surface area contributed by atoms with Gasteiger partial charge in [0.1, 0.15) is 5.82 Å². The summed E-state index contributed by atoms with van der Waals surface area (Å²) in [5.74, 6) is -0.138. The van der Waals surface area contributed by atoms with Gasteiger partial charge in [-0.2, -0.15) is 0 Å². The number of likely N-dealkylation sites (tertiary alicyclic amines) is 1. The Bertz CT molecular complexity index is 405. The zero-order chi connectivity index (χ0) is 13.0. The van der Waals surface area contributed by atoms with E-state index in [4.69, 9.17) is 5.73 Å². The predicted molar refractivity (Wildman–Crippen MR) is 68.4 cm³/mol. The molecule has 98 valence electrons. The first-order chi connectivity index (χ1) is 8.72. The monoisotopic (exact) mass is 250 g/mol. The van der Waals surface area contributed by atoms with Gasteiger partial charge in [0.25, 0.3) is 0 Å². The molecule has 0 radical (unpaired) electrons. The van der Waals surface area contributed by atoms with Crippen LogP contribution in [0.1, 0.15) is 37.3 Å². The lowest BCUT2D eigenvalue weighted by Gasteiger charge is -2.36. The molecule has 0 spiro atoms. The van der Waals surface area contributed by atoms with E-state index in [0.29, 0.717) is 13.0 Å². The molecule has 0 aromatic heterocycles. The first-order valence-electron chi connectivity index (χ1n) is 6.47. The molecule has 1 unspecified atom stereocenters. The molecule has 1 atom stereocenters. The summed E-state index contributed by atoms with van der Waals surface area (Å²) in [6.07, 6.45) is 3.47. The van der Waals surface area contributed by atoms with E-state index in [1.807, 2.05) is 4.90 Å². The molecule has 4 heteroatoms. The number of nitrogens with two attached hydrogens (primary N) is 1. The number of nitrogens with zero attached hydrogens (tertiary/aromatic N) is 1. The molecular weight excluding hydrogens is 231 g/mol. The maximum Gasteiger partial charge on any atom is 0.224 e. The van der Waals surface area contributed by atoms with E-state index in [2.05, 4.69) is 0 Å². The molecule has 0 bridgehead atoms. The minimum Gasteiger partial charge on any atom is -0.336 e. The van der Waals surface area contributed by atoms with Crippen molar-refractivity contribution in [2.24, 2.45) is 5.73 Å². The van der Waals surface area contributed by atoms with Crippen molar-refractivity contribution >= 4 is 5.91 Å². The van der Waals surface area contributed by atoms with E-state index < -0.39 is 0 Å². The highest BCUT2D eigenvalue weighted by atomic mass is 19.1. The molecule has 0 saturated carbocycles. The molecular formula is C14H19FN2O. The van der Waals surface area contributed by atoms with Crippen LogP contribution in [0.5, 0.6) is 0 Å². The Balaban J connectivity index is 2.17. The largest absolute Gasteiger partial charge is 0.336 e. The lowest BCUT2D eigenvalue weighted by atomic mass is 9.95. The average Bonchev–Trinajstić information content (AvgIpc) is 2.40. The summed E-state index contributed by atoms with van der Waals surface area (Å²) < 4.78 is 12.9. The highest BCUT2D eigenvalue weighted by molar-refractivity contribution is 5.77. The molecule has 1 heterocycles. The zero-order valence-electron chi connectivity index (χ0n) is 10.4. The molecule has 1 aromatic rings. The van der Waals surface area contributed by atoms with Gasteiger partial charge < -0.3 is 10.6 Å². The molecule has 18 heavy (non-hydrogen) atoms. The van der Waals surface area contributed by atoms with Crippen LogP contribution in [-0.2, 0) is 4.79 Å². The number of piperidine rings is 1. The Kier molecular flexibility index (Phi) is 4.31. The summed E-state index contributed by atoms with van der Waals surface area (Å²) >= 11 is 0. The summed E-state index contributed by atoms with van der Waals surface area (Å²) in [6.45, 7) is 1.16. The van der Waals surface area contributed by atoms with Crippen molar-refractivity contribution < 1.29 is 9.18 Å². The minimum absolute atomic E-state index is 0.0819. The molecule has 1 amide bonds. The van der Waals surface area contributed by atoms with Crippen molar-refractivity contribution in [3.05, 3.63) is 35.6 Å². The Morgan fingerprint density at radius 3 is 2.72 bits per heavy atom. The van der Waals surface area contributed by atoms with Crippen molar-refractivity contribution in [1.29, 1.82) is 0 Å². The Morgan fingerprint density at radius 2 is 2.06 bits per heavy atom. The zero-order valence-corrected chi connectivity index (χ0v) is 10.4. The first-order valence-corrected chi connectivity index (χ1v) is 6.47. The second-order valence-electron chi connectivity index (χ2n) is 4.69. The molecule has 1 saturated heterocycles. The summed E-state index contributed by atoms with van der Waals surface area (Å²) in [4.78, 5) is 13.9. The van der Waals surface area contributed by atoms with Crippen LogP contribution in [0.2, 0.25) is 0 Å². The van der Waals surface area contributed by atoms with Crippen LogP contribution in [0.4, 0.5) is 4.39 Å². The van der Waals surface area contributed by atoms with E-state index in [0.717, 1.165) is 31.4 Å². The third kappa shape index (κ3) is 2.88. The van der Waals surface area contributed by atoms with Crippen molar-refractivity contribution in [3.63, 3.8) is 0 Å². The molecule has 1 aliphatic heterocycles. The van der Waals surface area contributed by atoms with E-state index in [1.165, 1.54) is 12.1 Å². The summed E-state index contributed by atoms with van der Waals surface area (Å²) in [5, 5.41) is 0. The number of amides is 1. The minimum atomic E-state index is -0.241. The van der Waals surface area contributed by atoms with Gasteiger partial charge in [0.05, 0.1) is 6.04 Å². The van der Waals surface area contributed by atoms with Gasteiger partial charge in [0.2, 0.25) is 5.91 Å². The topological polar surface area (TPSA) is 46.3 Å². The second-order valence-corrected chi connectivity index (χ2v) is 4.69. The van der Waals surface area contributed by atoms with Crippen LogP contribution >= 0.6 is 0 Å². The smallest absolute Gasteiger partial charge is 0.224 e. The number of hydrogen-bond donors (Lipinski definition) is 1. The number of carbonyl (C=O) groups excluding carboxylic acids is 1. The van der Waals surface area contributed by atoms with Crippen molar-refractivity contribution in [2.75, 3.05) is 13.1 Å². The molecule has 3 nitrogen and oxygen atoms in total. The normalized spacial score (nSPS) is 19.9. The van der Waals surface area contributed by atoms with Crippen molar-refractivity contribution in [1.82, 2.24) is 4.90 Å². The summed E-state index contributed by atoms with van der Waals surface area (Å²) in [6, 6.07) is 6.53. The predicted octanol–water partition coefficient (Wildman–Crippen LogP) is 2.23. The highest BCUT2D eigenvalue weighted by Crippen LogP contribution is 2.31. The Labute approximate surface area is 107 Å². The SMILES string of the molecule is NCCC(=O)N1CCCCC1c1ccc(F)cc1. The van der Waals surface area contributed by atoms with E-state index in [-0.39, 0.29) is 17.8 Å². The fourth-order valence-corrected chi connectivity index (χ4v) is 2.53. The van der Waals surface area contributed by atoms with Crippen LogP contribution in [0, 0.1) is 5.82 Å². The van der Waals surface area contributed by atoms with E-state index in [9.17, 15) is 9.18 Å². The fraction of sp³-hybridized carbons (Fsp3) is 0.500. The number of rotatable bonds is 3. The highest BCUT2D eigenvalue weighted by Gasteiger charge is 2.27. The number of halogens is 1. The van der Waals surface area contributed by atoms with Gasteiger partial charge >= 0.3 is 0 Å². The van der Waals surface area contributed by atoms with Gasteiger partial charge in [-0.3, -0.25) is 4.79 Å². The Hall–Kier alpha value is -1.42. The molecule has 1 aliphatic rings. The van der Waals surface area contributed by atoms with Gasteiger partial charge in [-0.25, -0.2) is 4.39 Å². The third-order valence-corrected chi connectivity index (χ3v) is 3.44. The number of benzene rings is 1. The van der Waals surface area contributed by atoms with Gasteiger partial charge in [0, 0.05) is 19.5 Å². The first kappa shape index (κ1) is 13.0. The van der Waals surface area contributed by atoms with Crippen LogP contribution in [0.3, 0.4) is 0 Å². The van der Waals surface area contributed by atoms with Crippen LogP contribution < -0.4 is 5.73 Å². The lowest BCUT2D eigenvalue weighted by Crippen LogP contribution is -2.39. The lowest BCUT2D eigenvalue weighted by molar-refractivity contribution is -0.134. The standard InChI is InChI=1S/C14H19FN2O/c15-12-6-4-11(5-7-12)13-3-1-2-10-17(13)14(18)8-9-16/h4-7,13H,1-3,8-10,16H2. The molecule has 2 N–H and O–H groups in total. The van der Waals surface area contributed by atoms with Crippen LogP contribution in [0.25, 0.3) is 0 Å². The summed E-state index contributed by atoms with van der Waals surface area (Å²) in [5.41, 5.74) is 6.46. The van der Waals surface area contributed by atoms with E-state index >= 15 is 0 Å². The average molecular weight is 250 g/mol. The Morgan fingerprint density at radius 1 is 1.33 bits per heavy atom.